The van der Waals surface area contributed by atoms with E-state index in [1.165, 1.54) is 0 Å². The van der Waals surface area contributed by atoms with Gasteiger partial charge in [0.05, 0.1) is 12.2 Å². The van der Waals surface area contributed by atoms with Gasteiger partial charge in [-0.2, -0.15) is 0 Å². The van der Waals surface area contributed by atoms with E-state index >= 15 is 0 Å². The highest BCUT2D eigenvalue weighted by atomic mass is 16.5. The van der Waals surface area contributed by atoms with Crippen molar-refractivity contribution in [3.8, 4) is 0 Å². The molecule has 0 heterocycles. The molecule has 132 valence electrons. The van der Waals surface area contributed by atoms with Crippen LogP contribution in [0.5, 0.6) is 0 Å². The number of urea groups is 1. The van der Waals surface area contributed by atoms with E-state index in [0.717, 1.165) is 11.1 Å². The van der Waals surface area contributed by atoms with Crippen molar-refractivity contribution >= 4 is 17.8 Å². The number of rotatable bonds is 7. The fourth-order valence-corrected chi connectivity index (χ4v) is 1.78. The van der Waals surface area contributed by atoms with E-state index in [2.05, 4.69) is 10.6 Å². The normalized spacial score (nSPS) is 11.2. The minimum atomic E-state index is -1.54. The van der Waals surface area contributed by atoms with Crippen molar-refractivity contribution in [1.29, 1.82) is 0 Å². The maximum atomic E-state index is 11.7. The van der Waals surface area contributed by atoms with Gasteiger partial charge in [0.25, 0.3) is 0 Å². The van der Waals surface area contributed by atoms with E-state index < -0.39 is 23.9 Å². The Morgan fingerprint density at radius 1 is 1.12 bits per heavy atom. The fourth-order valence-electron chi connectivity index (χ4n) is 1.78. The van der Waals surface area contributed by atoms with Crippen molar-refractivity contribution in [3.63, 3.8) is 0 Å². The molecule has 0 spiro atoms. The van der Waals surface area contributed by atoms with E-state index in [1.54, 1.807) is 0 Å². The highest BCUT2D eigenvalue weighted by molar-refractivity contribution is 6.05. The second-order valence-corrected chi connectivity index (χ2v) is 6.29. The molecule has 0 unspecified atom stereocenters. The van der Waals surface area contributed by atoms with Crippen LogP contribution in [0, 0.1) is 0 Å². The number of nitrogens with two attached hydrogens (primary N) is 2. The van der Waals surface area contributed by atoms with Crippen LogP contribution < -0.4 is 22.1 Å². The van der Waals surface area contributed by atoms with Gasteiger partial charge in [-0.15, -0.1) is 0 Å². The van der Waals surface area contributed by atoms with Crippen LogP contribution >= 0.6 is 0 Å². The van der Waals surface area contributed by atoms with Crippen molar-refractivity contribution in [1.82, 2.24) is 10.6 Å². The predicted octanol–water partition coefficient (Wildman–Crippen LogP) is 0.140. The number of amides is 4. The van der Waals surface area contributed by atoms with Crippen LogP contribution in [0.3, 0.4) is 0 Å². The number of primary amides is 2. The first-order valence-corrected chi connectivity index (χ1v) is 7.43. The Hall–Kier alpha value is -2.61. The van der Waals surface area contributed by atoms with Crippen molar-refractivity contribution in [2.75, 3.05) is 0 Å². The van der Waals surface area contributed by atoms with Gasteiger partial charge in [-0.1, -0.05) is 24.3 Å². The topological polar surface area (TPSA) is 137 Å². The lowest BCUT2D eigenvalue weighted by Crippen LogP contribution is -2.54. The third-order valence-electron chi connectivity index (χ3n) is 2.96. The Labute approximate surface area is 140 Å². The third kappa shape index (κ3) is 7.10. The Kier molecular flexibility index (Phi) is 6.72. The molecule has 0 aliphatic carbocycles. The van der Waals surface area contributed by atoms with Crippen LogP contribution in [0.1, 0.15) is 31.9 Å². The first-order valence-electron chi connectivity index (χ1n) is 7.43. The zero-order chi connectivity index (χ0) is 18.3. The van der Waals surface area contributed by atoms with Crippen molar-refractivity contribution in [3.05, 3.63) is 35.4 Å². The standard InChI is InChI=1S/C16H24N4O4/c1-16(2,3)24-9-11-6-4-5-10(7-11)8-19-15(23)20-12(13(17)21)14(18)22/h4-7,12H,8-9H2,1-3H3,(H2,17,21)(H2,18,22)(H2,19,20,23). The molecular formula is C16H24N4O4. The van der Waals surface area contributed by atoms with Gasteiger partial charge < -0.3 is 26.8 Å². The predicted molar refractivity (Wildman–Crippen MR) is 88.5 cm³/mol. The van der Waals surface area contributed by atoms with Crippen LogP contribution in [0.25, 0.3) is 0 Å². The monoisotopic (exact) mass is 336 g/mol. The van der Waals surface area contributed by atoms with Gasteiger partial charge in [-0.25, -0.2) is 4.79 Å². The third-order valence-corrected chi connectivity index (χ3v) is 2.96. The molecule has 0 bridgehead atoms. The van der Waals surface area contributed by atoms with Gasteiger partial charge in [0.2, 0.25) is 11.8 Å². The summed E-state index contributed by atoms with van der Waals surface area (Å²) in [5.74, 6) is -2.03. The summed E-state index contributed by atoms with van der Waals surface area (Å²) in [6.07, 6.45) is 0. The molecule has 0 saturated heterocycles. The van der Waals surface area contributed by atoms with Crippen LogP contribution in [0.15, 0.2) is 24.3 Å². The molecule has 4 amide bonds. The SMILES string of the molecule is CC(C)(C)OCc1cccc(CNC(=O)NC(C(N)=O)C(N)=O)c1. The molecule has 0 aromatic heterocycles. The maximum absolute atomic E-state index is 11.7. The Bertz CT molecular complexity index is 596. The minimum Gasteiger partial charge on any atom is -0.371 e. The van der Waals surface area contributed by atoms with Crippen LogP contribution in [0.4, 0.5) is 4.79 Å². The molecule has 0 fully saturated rings. The van der Waals surface area contributed by atoms with Gasteiger partial charge in [0.15, 0.2) is 6.04 Å². The number of carbonyl (C=O) groups is 3. The lowest BCUT2D eigenvalue weighted by Gasteiger charge is -2.19. The van der Waals surface area contributed by atoms with E-state index in [-0.39, 0.29) is 12.1 Å². The number of nitrogens with one attached hydrogen (secondary N) is 2. The summed E-state index contributed by atoms with van der Waals surface area (Å²) < 4.78 is 5.70. The summed E-state index contributed by atoms with van der Waals surface area (Å²) in [4.78, 5) is 33.7. The summed E-state index contributed by atoms with van der Waals surface area (Å²) in [5.41, 5.74) is 11.5. The molecule has 0 radical (unpaired) electrons. The number of hydrogen-bond acceptors (Lipinski definition) is 4. The number of benzene rings is 1. The summed E-state index contributed by atoms with van der Waals surface area (Å²) in [5, 5.41) is 4.65. The van der Waals surface area contributed by atoms with Crippen LogP contribution in [0.2, 0.25) is 0 Å². The molecule has 8 heteroatoms. The van der Waals surface area contributed by atoms with Gasteiger partial charge >= 0.3 is 6.03 Å². The van der Waals surface area contributed by atoms with Crippen LogP contribution in [-0.4, -0.2) is 29.5 Å². The number of hydrogen-bond donors (Lipinski definition) is 4. The summed E-state index contributed by atoms with van der Waals surface area (Å²) in [6.45, 7) is 6.57. The van der Waals surface area contributed by atoms with E-state index in [1.807, 2.05) is 45.0 Å². The average Bonchev–Trinajstić information content (AvgIpc) is 2.47. The molecule has 0 saturated carbocycles. The zero-order valence-corrected chi connectivity index (χ0v) is 14.1. The number of ether oxygens (including phenoxy) is 1. The molecule has 24 heavy (non-hydrogen) atoms. The zero-order valence-electron chi connectivity index (χ0n) is 14.1. The molecule has 0 aliphatic heterocycles. The summed E-state index contributed by atoms with van der Waals surface area (Å²) >= 11 is 0. The Balaban J connectivity index is 2.56. The second-order valence-electron chi connectivity index (χ2n) is 6.29. The Morgan fingerprint density at radius 3 is 2.25 bits per heavy atom. The summed E-state index contributed by atoms with van der Waals surface area (Å²) in [7, 11) is 0. The molecule has 0 aliphatic rings. The van der Waals surface area contributed by atoms with Gasteiger partial charge in [-0.3, -0.25) is 9.59 Å². The quantitative estimate of drug-likeness (QED) is 0.526. The molecule has 8 nitrogen and oxygen atoms in total. The van der Waals surface area contributed by atoms with Gasteiger partial charge in [-0.05, 0) is 31.9 Å². The first-order chi connectivity index (χ1) is 11.1. The highest BCUT2D eigenvalue weighted by Crippen LogP contribution is 2.13. The van der Waals surface area contributed by atoms with E-state index in [4.69, 9.17) is 16.2 Å². The van der Waals surface area contributed by atoms with Crippen LogP contribution in [-0.2, 0) is 27.5 Å². The van der Waals surface area contributed by atoms with Gasteiger partial charge in [0, 0.05) is 6.54 Å². The highest BCUT2D eigenvalue weighted by Gasteiger charge is 2.23. The first kappa shape index (κ1) is 19.4. The van der Waals surface area contributed by atoms with E-state index in [9.17, 15) is 14.4 Å². The van der Waals surface area contributed by atoms with Gasteiger partial charge in [0.1, 0.15) is 0 Å². The average molecular weight is 336 g/mol. The minimum absolute atomic E-state index is 0.208. The van der Waals surface area contributed by atoms with Crippen molar-refractivity contribution in [2.45, 2.75) is 45.6 Å². The lowest BCUT2D eigenvalue weighted by atomic mass is 10.1. The molecule has 0 atom stereocenters. The second kappa shape index (κ2) is 8.30. The summed E-state index contributed by atoms with van der Waals surface area (Å²) in [6, 6.07) is 5.24. The smallest absolute Gasteiger partial charge is 0.316 e. The molecular weight excluding hydrogens is 312 g/mol. The molecule has 1 aromatic rings. The Morgan fingerprint density at radius 2 is 1.71 bits per heavy atom. The molecule has 1 rings (SSSR count). The number of carbonyl (C=O) groups excluding carboxylic acids is 3. The molecule has 6 N–H and O–H groups in total. The fraction of sp³-hybridized carbons (Fsp3) is 0.438. The van der Waals surface area contributed by atoms with Crippen molar-refractivity contribution in [2.24, 2.45) is 11.5 Å². The molecule has 1 aromatic carbocycles. The largest absolute Gasteiger partial charge is 0.371 e. The maximum Gasteiger partial charge on any atom is 0.316 e. The van der Waals surface area contributed by atoms with Crippen molar-refractivity contribution < 1.29 is 19.1 Å². The van der Waals surface area contributed by atoms with E-state index in [0.29, 0.717) is 6.61 Å². The lowest BCUT2D eigenvalue weighted by molar-refractivity contribution is -0.128.